The number of esters is 4. The summed E-state index contributed by atoms with van der Waals surface area (Å²) in [5, 5.41) is 10.6. The van der Waals surface area contributed by atoms with E-state index in [-0.39, 0.29) is 25.7 Å². The summed E-state index contributed by atoms with van der Waals surface area (Å²) in [7, 11) is -9.91. The van der Waals surface area contributed by atoms with Gasteiger partial charge in [0.1, 0.15) is 19.3 Å². The monoisotopic (exact) mass is 1350 g/mol. The van der Waals surface area contributed by atoms with Crippen LogP contribution in [0, 0.1) is 23.7 Å². The van der Waals surface area contributed by atoms with Gasteiger partial charge in [-0.15, -0.1) is 0 Å². The van der Waals surface area contributed by atoms with E-state index < -0.39 is 97.5 Å². The number of rotatable bonds is 70. The van der Waals surface area contributed by atoms with Crippen LogP contribution in [-0.2, 0) is 65.4 Å². The maximum atomic E-state index is 13.0. The first-order chi connectivity index (χ1) is 44.1. The van der Waals surface area contributed by atoms with Crippen molar-refractivity contribution >= 4 is 39.5 Å². The van der Waals surface area contributed by atoms with Gasteiger partial charge in [-0.05, 0) is 49.4 Å². The Morgan fingerprint density at radius 2 is 0.457 bits per heavy atom. The summed E-state index contributed by atoms with van der Waals surface area (Å²) < 4.78 is 68.3. The van der Waals surface area contributed by atoms with Gasteiger partial charge in [0.25, 0.3) is 0 Å². The summed E-state index contributed by atoms with van der Waals surface area (Å²) in [5.74, 6) is 0.831. The topological polar surface area (TPSA) is 237 Å². The number of aliphatic hydroxyl groups is 1. The second-order valence-corrected chi connectivity index (χ2v) is 31.1. The number of hydrogen-bond donors (Lipinski definition) is 3. The molecular weight excluding hydrogens is 1210 g/mol. The van der Waals surface area contributed by atoms with Gasteiger partial charge in [-0.1, -0.05) is 312 Å². The lowest BCUT2D eigenvalue weighted by Gasteiger charge is -2.21. The Kier molecular flexibility index (Phi) is 61.3. The van der Waals surface area contributed by atoms with Gasteiger partial charge in [-0.2, -0.15) is 0 Å². The molecule has 92 heavy (non-hydrogen) atoms. The van der Waals surface area contributed by atoms with E-state index in [4.69, 9.17) is 37.0 Å². The van der Waals surface area contributed by atoms with Crippen molar-refractivity contribution in [2.75, 3.05) is 39.6 Å². The summed E-state index contributed by atoms with van der Waals surface area (Å²) in [5.41, 5.74) is 0. The van der Waals surface area contributed by atoms with Crippen LogP contribution in [0.25, 0.3) is 0 Å². The van der Waals surface area contributed by atoms with Crippen LogP contribution in [0.2, 0.25) is 0 Å². The van der Waals surface area contributed by atoms with Crippen LogP contribution in [0.5, 0.6) is 0 Å². The van der Waals surface area contributed by atoms with Crippen LogP contribution in [0.15, 0.2) is 0 Å². The molecule has 0 saturated carbocycles. The Labute approximate surface area is 562 Å². The molecule has 0 aromatic carbocycles. The van der Waals surface area contributed by atoms with Crippen LogP contribution < -0.4 is 0 Å². The minimum atomic E-state index is -4.95. The molecule has 0 radical (unpaired) electrons. The highest BCUT2D eigenvalue weighted by atomic mass is 31.2. The van der Waals surface area contributed by atoms with Gasteiger partial charge in [-0.25, -0.2) is 9.13 Å². The Bertz CT molecular complexity index is 1820. The van der Waals surface area contributed by atoms with Crippen LogP contribution in [0.4, 0.5) is 0 Å². The van der Waals surface area contributed by atoms with Crippen molar-refractivity contribution in [2.24, 2.45) is 23.7 Å². The fraction of sp³-hybridized carbons (Fsp3) is 0.945. The normalized spacial score (nSPS) is 14.2. The van der Waals surface area contributed by atoms with Gasteiger partial charge in [0.2, 0.25) is 0 Å². The van der Waals surface area contributed by atoms with Gasteiger partial charge < -0.3 is 33.8 Å². The first-order valence-corrected chi connectivity index (χ1v) is 40.7. The maximum absolute atomic E-state index is 13.0. The fourth-order valence-electron chi connectivity index (χ4n) is 11.0. The molecule has 0 aliphatic heterocycles. The lowest BCUT2D eigenvalue weighted by Crippen LogP contribution is -2.30. The van der Waals surface area contributed by atoms with E-state index in [1.807, 2.05) is 0 Å². The number of aliphatic hydroxyl groups excluding tert-OH is 1. The SMILES string of the molecule is CC(C)CCCCCCCCCCCCCCCCC(=O)O[C@H](COC(=O)CCCCCCCCCC(C)C)COP(=O)(O)OCC(O)COP(=O)(O)OC[C@@H](COC(=O)CCCCCCCCCCCCCCCC(C)C)OC(=O)CCCCCCCCC(C)C. The molecule has 0 spiro atoms. The van der Waals surface area contributed by atoms with Crippen LogP contribution in [-0.4, -0.2) is 96.7 Å². The molecule has 0 rings (SSSR count). The third-order valence-electron chi connectivity index (χ3n) is 16.8. The van der Waals surface area contributed by atoms with Crippen molar-refractivity contribution in [3.63, 3.8) is 0 Å². The van der Waals surface area contributed by atoms with Crippen LogP contribution >= 0.6 is 15.6 Å². The molecule has 0 aromatic rings. The fourth-order valence-corrected chi connectivity index (χ4v) is 12.6. The smallest absolute Gasteiger partial charge is 0.462 e. The zero-order chi connectivity index (χ0) is 68.2. The summed E-state index contributed by atoms with van der Waals surface area (Å²) in [6, 6.07) is 0. The van der Waals surface area contributed by atoms with Crippen LogP contribution in [0.3, 0.4) is 0 Å². The minimum Gasteiger partial charge on any atom is -0.462 e. The number of ether oxygens (including phenoxy) is 4. The van der Waals surface area contributed by atoms with E-state index in [9.17, 15) is 43.2 Å². The molecule has 0 heterocycles. The summed E-state index contributed by atoms with van der Waals surface area (Å²) in [4.78, 5) is 72.6. The first-order valence-electron chi connectivity index (χ1n) is 37.7. The number of phosphoric acid groups is 2. The highest BCUT2D eigenvalue weighted by molar-refractivity contribution is 7.47. The van der Waals surface area contributed by atoms with Crippen molar-refractivity contribution in [1.82, 2.24) is 0 Å². The standard InChI is InChI=1S/C73H142O17P2/c1-63(2)49-41-33-25-20-16-12-9-10-14-19-23-29-39-47-55-72(77)89-68(59-84-71(76)54-46-38-30-24-27-35-43-51-65(5)6)61-87-91(79,80)85-57-67(74)58-86-92(81,82)88-62-69(90-73(78)56-48-40-32-31-36-44-52-66(7)8)60-83-70(75)53-45-37-28-22-18-15-11-13-17-21-26-34-42-50-64(3)4/h63-69,74H,9-62H2,1-8H3,(H,79,80)(H,81,82)/t67?,68-,69-/m1/s1. The lowest BCUT2D eigenvalue weighted by atomic mass is 10.0. The molecule has 0 aromatic heterocycles. The van der Waals surface area contributed by atoms with Crippen molar-refractivity contribution < 1.29 is 80.2 Å². The molecule has 546 valence electrons. The van der Waals surface area contributed by atoms with Gasteiger partial charge in [-0.3, -0.25) is 37.3 Å². The van der Waals surface area contributed by atoms with Gasteiger partial charge in [0, 0.05) is 25.7 Å². The maximum Gasteiger partial charge on any atom is 0.472 e. The van der Waals surface area contributed by atoms with E-state index in [1.165, 1.54) is 161 Å². The number of hydrogen-bond acceptors (Lipinski definition) is 15. The molecule has 0 aliphatic rings. The molecule has 0 aliphatic carbocycles. The third kappa shape index (κ3) is 66.7. The highest BCUT2D eigenvalue weighted by Gasteiger charge is 2.30. The van der Waals surface area contributed by atoms with E-state index in [2.05, 4.69) is 55.4 Å². The third-order valence-corrected chi connectivity index (χ3v) is 18.7. The molecule has 3 N–H and O–H groups in total. The van der Waals surface area contributed by atoms with Gasteiger partial charge in [0.15, 0.2) is 12.2 Å². The summed E-state index contributed by atoms with van der Waals surface area (Å²) >= 11 is 0. The Morgan fingerprint density at radius 1 is 0.272 bits per heavy atom. The number of phosphoric ester groups is 2. The van der Waals surface area contributed by atoms with Crippen molar-refractivity contribution in [2.45, 2.75) is 382 Å². The van der Waals surface area contributed by atoms with E-state index >= 15 is 0 Å². The Balaban J connectivity index is 5.18. The zero-order valence-electron chi connectivity index (χ0n) is 60.2. The predicted molar refractivity (Wildman–Crippen MR) is 372 cm³/mol. The molecule has 17 nitrogen and oxygen atoms in total. The summed E-state index contributed by atoms with van der Waals surface area (Å²) in [6.07, 6.45) is 46.1. The molecule has 0 bridgehead atoms. The quantitative estimate of drug-likeness (QED) is 0.0222. The molecule has 0 fully saturated rings. The second-order valence-electron chi connectivity index (χ2n) is 28.2. The van der Waals surface area contributed by atoms with Crippen molar-refractivity contribution in [3.05, 3.63) is 0 Å². The number of unbranched alkanes of at least 4 members (excludes halogenated alkanes) is 36. The molecule has 5 atom stereocenters. The number of carbonyl (C=O) groups excluding carboxylic acids is 4. The van der Waals surface area contributed by atoms with Crippen molar-refractivity contribution in [1.29, 1.82) is 0 Å². The molecule has 3 unspecified atom stereocenters. The molecule has 0 amide bonds. The Hall–Kier alpha value is -1.94. The predicted octanol–water partition coefficient (Wildman–Crippen LogP) is 20.9. The van der Waals surface area contributed by atoms with E-state index in [0.717, 1.165) is 108 Å². The zero-order valence-corrected chi connectivity index (χ0v) is 62.0. The van der Waals surface area contributed by atoms with E-state index in [1.54, 1.807) is 0 Å². The second kappa shape index (κ2) is 62.6. The molecule has 19 heteroatoms. The average molecular weight is 1350 g/mol. The van der Waals surface area contributed by atoms with Gasteiger partial charge >= 0.3 is 39.5 Å². The minimum absolute atomic E-state index is 0.102. The molecule has 0 saturated heterocycles. The largest absolute Gasteiger partial charge is 0.472 e. The average Bonchev–Trinajstić information content (AvgIpc) is 2.74. The molecular formula is C73H142O17P2. The summed E-state index contributed by atoms with van der Waals surface area (Å²) in [6.45, 7) is 14.1. The number of carbonyl (C=O) groups is 4. The van der Waals surface area contributed by atoms with Crippen molar-refractivity contribution in [3.8, 4) is 0 Å². The Morgan fingerprint density at radius 3 is 0.674 bits per heavy atom. The van der Waals surface area contributed by atoms with Crippen LogP contribution in [0.1, 0.15) is 364 Å². The van der Waals surface area contributed by atoms with Gasteiger partial charge in [0.05, 0.1) is 26.4 Å². The highest BCUT2D eigenvalue weighted by Crippen LogP contribution is 2.45. The first kappa shape index (κ1) is 90.1. The van der Waals surface area contributed by atoms with E-state index in [0.29, 0.717) is 37.5 Å². The lowest BCUT2D eigenvalue weighted by molar-refractivity contribution is -0.161.